The van der Waals surface area contributed by atoms with Crippen LogP contribution in [-0.2, 0) is 11.0 Å². The number of halogens is 3. The average molecular weight is 433 g/mol. The van der Waals surface area contributed by atoms with E-state index in [1.54, 1.807) is 6.20 Å². The third-order valence-electron chi connectivity index (χ3n) is 5.77. The minimum atomic E-state index is -4.39. The van der Waals surface area contributed by atoms with Gasteiger partial charge in [-0.3, -0.25) is 15.1 Å². The number of nitrogens with one attached hydrogen (secondary N) is 2. The van der Waals surface area contributed by atoms with Crippen molar-refractivity contribution in [2.24, 2.45) is 0 Å². The maximum Gasteiger partial charge on any atom is 0.416 e. The van der Waals surface area contributed by atoms with Gasteiger partial charge in [0, 0.05) is 12.1 Å². The Kier molecular flexibility index (Phi) is 5.24. The first kappa shape index (κ1) is 21.6. The predicted molar refractivity (Wildman–Crippen MR) is 111 cm³/mol. The van der Waals surface area contributed by atoms with E-state index in [1.807, 2.05) is 26.8 Å². The second kappa shape index (κ2) is 7.51. The maximum atomic E-state index is 13.0. The van der Waals surface area contributed by atoms with Crippen LogP contribution in [0.3, 0.4) is 0 Å². The molecule has 2 aromatic rings. The number of alkyl halides is 3. The van der Waals surface area contributed by atoms with Gasteiger partial charge in [-0.1, -0.05) is 12.1 Å². The van der Waals surface area contributed by atoms with E-state index in [9.17, 15) is 18.0 Å². The molecule has 0 aliphatic carbocycles. The van der Waals surface area contributed by atoms with Gasteiger partial charge in [0.2, 0.25) is 5.91 Å². The van der Waals surface area contributed by atoms with Crippen LogP contribution in [0.5, 0.6) is 5.75 Å². The molecule has 166 valence electrons. The molecule has 0 radical (unpaired) electrons. The second-order valence-electron chi connectivity index (χ2n) is 9.22. The third kappa shape index (κ3) is 4.39. The van der Waals surface area contributed by atoms with Gasteiger partial charge in [0.1, 0.15) is 16.9 Å². The smallest absolute Gasteiger partial charge is 0.416 e. The van der Waals surface area contributed by atoms with E-state index in [0.29, 0.717) is 23.4 Å². The highest BCUT2D eigenvalue weighted by molar-refractivity contribution is 5.88. The lowest BCUT2D eigenvalue weighted by molar-refractivity contribution is -0.137. The Morgan fingerprint density at radius 2 is 1.84 bits per heavy atom. The molecule has 2 fully saturated rings. The predicted octanol–water partition coefficient (Wildman–Crippen LogP) is 4.63. The molecule has 4 rings (SSSR count). The molecule has 8 heteroatoms. The summed E-state index contributed by atoms with van der Waals surface area (Å²) in [6, 6.07) is 6.79. The van der Waals surface area contributed by atoms with Gasteiger partial charge in [0.15, 0.2) is 0 Å². The summed E-state index contributed by atoms with van der Waals surface area (Å²) in [5.41, 5.74) is 0.279. The van der Waals surface area contributed by atoms with Crippen molar-refractivity contribution in [3.8, 4) is 16.9 Å². The molecule has 2 atom stereocenters. The van der Waals surface area contributed by atoms with E-state index in [-0.39, 0.29) is 11.9 Å². The summed E-state index contributed by atoms with van der Waals surface area (Å²) in [7, 11) is 0. The number of carbonyl (C=O) groups is 1. The maximum absolute atomic E-state index is 13.0. The van der Waals surface area contributed by atoms with Crippen molar-refractivity contribution in [3.63, 3.8) is 0 Å². The average Bonchev–Trinajstić information content (AvgIpc) is 3.27. The molecule has 1 aromatic heterocycles. The Morgan fingerprint density at radius 1 is 1.13 bits per heavy atom. The molecule has 0 bridgehead atoms. The van der Waals surface area contributed by atoms with Crippen molar-refractivity contribution in [2.75, 3.05) is 6.54 Å². The van der Waals surface area contributed by atoms with Crippen LogP contribution in [0.4, 0.5) is 13.2 Å². The second-order valence-corrected chi connectivity index (χ2v) is 9.22. The van der Waals surface area contributed by atoms with Crippen LogP contribution in [0.25, 0.3) is 11.1 Å². The topological polar surface area (TPSA) is 63.2 Å². The number of nitrogens with zero attached hydrogens (tertiary/aromatic N) is 1. The van der Waals surface area contributed by atoms with E-state index < -0.39 is 22.9 Å². The number of hydrogen-bond acceptors (Lipinski definition) is 4. The number of hydrogen-bond donors (Lipinski definition) is 2. The Morgan fingerprint density at radius 3 is 2.42 bits per heavy atom. The fourth-order valence-corrected chi connectivity index (χ4v) is 4.26. The van der Waals surface area contributed by atoms with E-state index in [2.05, 4.69) is 15.6 Å². The van der Waals surface area contributed by atoms with Crippen molar-refractivity contribution < 1.29 is 22.7 Å². The van der Waals surface area contributed by atoms with Crippen LogP contribution in [0.15, 0.2) is 36.5 Å². The summed E-state index contributed by atoms with van der Waals surface area (Å²) in [6.45, 7) is 6.36. The Labute approximate surface area is 179 Å². The number of rotatable bonds is 3. The van der Waals surface area contributed by atoms with Gasteiger partial charge in [-0.05, 0) is 63.8 Å². The zero-order chi connectivity index (χ0) is 22.4. The monoisotopic (exact) mass is 433 g/mol. The van der Waals surface area contributed by atoms with E-state index in [0.717, 1.165) is 37.1 Å². The molecule has 1 amide bonds. The quantitative estimate of drug-likeness (QED) is 0.741. The summed E-state index contributed by atoms with van der Waals surface area (Å²) in [6.07, 6.45) is -0.557. The lowest BCUT2D eigenvalue weighted by atomic mass is 9.96. The number of ether oxygens (including phenoxy) is 1. The van der Waals surface area contributed by atoms with E-state index >= 15 is 0 Å². The van der Waals surface area contributed by atoms with Crippen LogP contribution in [0.2, 0.25) is 0 Å². The number of amides is 1. The van der Waals surface area contributed by atoms with Crippen LogP contribution in [-0.4, -0.2) is 28.6 Å². The van der Waals surface area contributed by atoms with Crippen LogP contribution < -0.4 is 15.4 Å². The van der Waals surface area contributed by atoms with Gasteiger partial charge in [-0.2, -0.15) is 13.2 Å². The Balaban J connectivity index is 1.69. The number of aromatic nitrogens is 1. The summed E-state index contributed by atoms with van der Waals surface area (Å²) in [4.78, 5) is 16.8. The molecule has 2 saturated heterocycles. The van der Waals surface area contributed by atoms with Crippen LogP contribution in [0, 0.1) is 0 Å². The molecule has 1 aromatic carbocycles. The summed E-state index contributed by atoms with van der Waals surface area (Å²) in [5.74, 6) is 0.521. The van der Waals surface area contributed by atoms with E-state index in [1.165, 1.54) is 12.1 Å². The fraction of sp³-hybridized carbons (Fsp3) is 0.478. The molecule has 5 nitrogen and oxygen atoms in total. The molecule has 2 unspecified atom stereocenters. The van der Waals surface area contributed by atoms with E-state index in [4.69, 9.17) is 4.74 Å². The molecular weight excluding hydrogens is 407 g/mol. The zero-order valence-electron chi connectivity index (χ0n) is 17.8. The normalized spacial score (nSPS) is 23.9. The lowest BCUT2D eigenvalue weighted by Crippen LogP contribution is -2.47. The standard InChI is InChI=1S/C23H26F3N3O2/c1-21(2,3)31-19-13-28-18(17-8-9-22(29-17)10-11-27-20(22)30)12-16(19)14-4-6-15(7-5-14)23(24,25)26/h4-7,12-13,17,29H,8-11H2,1-3H3,(H,27,30). The van der Waals surface area contributed by atoms with Gasteiger partial charge < -0.3 is 10.1 Å². The Hall–Kier alpha value is -2.61. The Bertz CT molecular complexity index is 983. The van der Waals surface area contributed by atoms with Gasteiger partial charge >= 0.3 is 6.18 Å². The highest BCUT2D eigenvalue weighted by Gasteiger charge is 2.48. The number of benzene rings is 1. The first-order chi connectivity index (χ1) is 14.5. The van der Waals surface area contributed by atoms with Crippen molar-refractivity contribution in [3.05, 3.63) is 47.8 Å². The van der Waals surface area contributed by atoms with Gasteiger partial charge in [0.25, 0.3) is 0 Å². The zero-order valence-corrected chi connectivity index (χ0v) is 17.8. The highest BCUT2D eigenvalue weighted by Crippen LogP contribution is 2.40. The summed E-state index contributed by atoms with van der Waals surface area (Å²) in [5, 5.41) is 6.32. The molecule has 1 spiro atoms. The minimum absolute atomic E-state index is 0.0191. The molecular formula is C23H26F3N3O2. The first-order valence-corrected chi connectivity index (χ1v) is 10.4. The molecule has 0 saturated carbocycles. The van der Waals surface area contributed by atoms with Crippen molar-refractivity contribution in [1.82, 2.24) is 15.6 Å². The van der Waals surface area contributed by atoms with Gasteiger partial charge in [0.05, 0.1) is 23.5 Å². The SMILES string of the molecule is CC(C)(C)Oc1cnc(C2CCC3(CCNC3=O)N2)cc1-c1ccc(C(F)(F)F)cc1. The van der Waals surface area contributed by atoms with Crippen molar-refractivity contribution in [2.45, 2.75) is 63.4 Å². The fourth-order valence-electron chi connectivity index (χ4n) is 4.26. The van der Waals surface area contributed by atoms with Crippen molar-refractivity contribution in [1.29, 1.82) is 0 Å². The summed E-state index contributed by atoms with van der Waals surface area (Å²) < 4.78 is 45.0. The largest absolute Gasteiger partial charge is 0.486 e. The number of carbonyl (C=O) groups excluding carboxylic acids is 1. The minimum Gasteiger partial charge on any atom is -0.486 e. The lowest BCUT2D eigenvalue weighted by Gasteiger charge is -2.25. The van der Waals surface area contributed by atoms with Crippen molar-refractivity contribution >= 4 is 5.91 Å². The molecule has 2 N–H and O–H groups in total. The first-order valence-electron chi connectivity index (χ1n) is 10.4. The molecule has 31 heavy (non-hydrogen) atoms. The highest BCUT2D eigenvalue weighted by atomic mass is 19.4. The van der Waals surface area contributed by atoms with Gasteiger partial charge in [-0.15, -0.1) is 0 Å². The van der Waals surface area contributed by atoms with Gasteiger partial charge in [-0.25, -0.2) is 0 Å². The van der Waals surface area contributed by atoms with Crippen LogP contribution in [0.1, 0.15) is 57.3 Å². The summed E-state index contributed by atoms with van der Waals surface area (Å²) >= 11 is 0. The molecule has 2 aliphatic rings. The number of pyridine rings is 1. The van der Waals surface area contributed by atoms with Crippen LogP contribution >= 0.6 is 0 Å². The third-order valence-corrected chi connectivity index (χ3v) is 5.77. The molecule has 2 aliphatic heterocycles. The molecule has 3 heterocycles.